The number of aliphatic hydroxyl groups is 1. The lowest BCUT2D eigenvalue weighted by molar-refractivity contribution is -0.142. The predicted octanol–water partition coefficient (Wildman–Crippen LogP) is -2.85. The third kappa shape index (κ3) is 9.42. The van der Waals surface area contributed by atoms with Crippen molar-refractivity contribution in [3.8, 4) is 0 Å². The Morgan fingerprint density at radius 1 is 1.04 bits per heavy atom. The van der Waals surface area contributed by atoms with Crippen LogP contribution in [0.2, 0.25) is 0 Å². The van der Waals surface area contributed by atoms with Gasteiger partial charge in [0.2, 0.25) is 17.7 Å². The van der Waals surface area contributed by atoms with Crippen molar-refractivity contribution in [2.24, 2.45) is 11.7 Å². The van der Waals surface area contributed by atoms with Crippen LogP contribution in [-0.4, -0.2) is 65.7 Å². The zero-order valence-electron chi connectivity index (χ0n) is 13.2. The lowest BCUT2D eigenvalue weighted by Gasteiger charge is -2.16. The summed E-state index contributed by atoms with van der Waals surface area (Å²) < 4.78 is 0. The van der Waals surface area contributed by atoms with Gasteiger partial charge in [0.05, 0.1) is 19.7 Å². The number of hydrogen-bond acceptors (Lipinski definition) is 6. The van der Waals surface area contributed by atoms with E-state index in [9.17, 15) is 19.2 Å². The zero-order chi connectivity index (χ0) is 18.0. The molecule has 0 fully saturated rings. The molecule has 0 saturated heterocycles. The van der Waals surface area contributed by atoms with Gasteiger partial charge >= 0.3 is 5.97 Å². The molecule has 0 rings (SSSR count). The van der Waals surface area contributed by atoms with Crippen LogP contribution in [0, 0.1) is 5.92 Å². The number of carbonyl (C=O) groups excluding carboxylic acids is 3. The first-order chi connectivity index (χ1) is 10.7. The molecule has 0 radical (unpaired) electrons. The molecular weight excluding hydrogens is 308 g/mol. The molecule has 0 bridgehead atoms. The van der Waals surface area contributed by atoms with E-state index in [1.54, 1.807) is 0 Å². The number of nitrogens with two attached hydrogens (primary N) is 1. The van der Waals surface area contributed by atoms with Crippen molar-refractivity contribution in [1.82, 2.24) is 16.0 Å². The summed E-state index contributed by atoms with van der Waals surface area (Å²) in [5.41, 5.74) is 5.23. The molecule has 2 unspecified atom stereocenters. The van der Waals surface area contributed by atoms with Gasteiger partial charge in [0.15, 0.2) is 0 Å². The quantitative estimate of drug-likeness (QED) is 0.250. The van der Waals surface area contributed by atoms with Crippen molar-refractivity contribution in [2.45, 2.75) is 32.4 Å². The van der Waals surface area contributed by atoms with Crippen molar-refractivity contribution in [3.63, 3.8) is 0 Å². The number of rotatable bonds is 10. The fourth-order valence-electron chi connectivity index (χ4n) is 1.56. The van der Waals surface area contributed by atoms with Gasteiger partial charge in [0, 0.05) is 0 Å². The van der Waals surface area contributed by atoms with Crippen LogP contribution < -0.4 is 21.7 Å². The number of carboxylic acids is 1. The molecule has 0 spiro atoms. The van der Waals surface area contributed by atoms with Gasteiger partial charge in [-0.25, -0.2) is 4.79 Å². The SMILES string of the molecule is CC(C)CC(NC(=O)CNC(=O)CNC(=O)C(N)CO)C(=O)O. The molecule has 0 aliphatic carbocycles. The smallest absolute Gasteiger partial charge is 0.326 e. The Hall–Kier alpha value is -2.20. The van der Waals surface area contributed by atoms with Gasteiger partial charge in [-0.2, -0.15) is 0 Å². The molecule has 23 heavy (non-hydrogen) atoms. The number of nitrogens with one attached hydrogen (secondary N) is 3. The number of amides is 3. The molecule has 0 aromatic carbocycles. The normalized spacial score (nSPS) is 13.1. The van der Waals surface area contributed by atoms with E-state index in [1.807, 2.05) is 13.8 Å². The monoisotopic (exact) mass is 332 g/mol. The van der Waals surface area contributed by atoms with Crippen molar-refractivity contribution in [3.05, 3.63) is 0 Å². The van der Waals surface area contributed by atoms with Crippen LogP contribution in [0.4, 0.5) is 0 Å². The van der Waals surface area contributed by atoms with E-state index >= 15 is 0 Å². The standard InChI is InChI=1S/C13H24N4O6/c1-7(2)3-9(13(22)23)17-11(20)5-15-10(19)4-16-12(21)8(14)6-18/h7-9,18H,3-6,14H2,1-2H3,(H,15,19)(H,16,21)(H,17,20)(H,22,23). The fourth-order valence-corrected chi connectivity index (χ4v) is 1.56. The van der Waals surface area contributed by atoms with Gasteiger partial charge in [-0.15, -0.1) is 0 Å². The highest BCUT2D eigenvalue weighted by molar-refractivity contribution is 5.90. The molecule has 3 amide bonds. The Balaban J connectivity index is 4.14. The zero-order valence-corrected chi connectivity index (χ0v) is 13.2. The highest BCUT2D eigenvalue weighted by Gasteiger charge is 2.21. The maximum absolute atomic E-state index is 11.6. The van der Waals surface area contributed by atoms with Crippen LogP contribution in [0.25, 0.3) is 0 Å². The van der Waals surface area contributed by atoms with Crippen molar-refractivity contribution in [2.75, 3.05) is 19.7 Å². The summed E-state index contributed by atoms with van der Waals surface area (Å²) in [5, 5.41) is 24.3. The summed E-state index contributed by atoms with van der Waals surface area (Å²) in [6.07, 6.45) is 0.268. The van der Waals surface area contributed by atoms with E-state index in [1.165, 1.54) is 0 Å². The maximum atomic E-state index is 11.6. The second kappa shape index (κ2) is 10.5. The van der Waals surface area contributed by atoms with E-state index in [-0.39, 0.29) is 12.3 Å². The van der Waals surface area contributed by atoms with Crippen LogP contribution in [-0.2, 0) is 19.2 Å². The summed E-state index contributed by atoms with van der Waals surface area (Å²) in [5.74, 6) is -3.06. The summed E-state index contributed by atoms with van der Waals surface area (Å²) in [7, 11) is 0. The van der Waals surface area contributed by atoms with Crippen molar-refractivity contribution < 1.29 is 29.4 Å². The number of carboxylic acid groups (broad SMARTS) is 1. The molecule has 2 atom stereocenters. The van der Waals surface area contributed by atoms with Crippen LogP contribution in [0.3, 0.4) is 0 Å². The van der Waals surface area contributed by atoms with Crippen molar-refractivity contribution in [1.29, 1.82) is 0 Å². The minimum absolute atomic E-state index is 0.0805. The van der Waals surface area contributed by atoms with Crippen LogP contribution >= 0.6 is 0 Å². The first kappa shape index (κ1) is 20.8. The molecule has 0 saturated carbocycles. The average molecular weight is 332 g/mol. The molecule has 7 N–H and O–H groups in total. The van der Waals surface area contributed by atoms with E-state index in [0.29, 0.717) is 0 Å². The van der Waals surface area contributed by atoms with Crippen LogP contribution in [0.1, 0.15) is 20.3 Å². The predicted molar refractivity (Wildman–Crippen MR) is 80.1 cm³/mol. The number of aliphatic hydroxyl groups excluding tert-OH is 1. The molecule has 0 aromatic rings. The van der Waals surface area contributed by atoms with E-state index in [2.05, 4.69) is 16.0 Å². The topological polar surface area (TPSA) is 171 Å². The fraction of sp³-hybridized carbons (Fsp3) is 0.692. The average Bonchev–Trinajstić information content (AvgIpc) is 2.48. The highest BCUT2D eigenvalue weighted by atomic mass is 16.4. The van der Waals surface area contributed by atoms with Gasteiger partial charge in [0.1, 0.15) is 12.1 Å². The highest BCUT2D eigenvalue weighted by Crippen LogP contribution is 2.04. The lowest BCUT2D eigenvalue weighted by Crippen LogP contribution is -2.49. The number of carbonyl (C=O) groups is 4. The second-order valence-electron chi connectivity index (χ2n) is 5.37. The number of aliphatic carboxylic acids is 1. The molecule has 0 aliphatic heterocycles. The first-order valence-corrected chi connectivity index (χ1v) is 7.10. The molecular formula is C13H24N4O6. The first-order valence-electron chi connectivity index (χ1n) is 7.10. The largest absolute Gasteiger partial charge is 0.480 e. The summed E-state index contributed by atoms with van der Waals surface area (Å²) in [6, 6.07) is -2.15. The maximum Gasteiger partial charge on any atom is 0.326 e. The summed E-state index contributed by atoms with van der Waals surface area (Å²) in [4.78, 5) is 45.3. The Labute approximate surface area is 133 Å². The Kier molecular flexibility index (Phi) is 9.51. The number of hydrogen-bond donors (Lipinski definition) is 6. The van der Waals surface area contributed by atoms with Gasteiger partial charge in [0.25, 0.3) is 0 Å². The molecule has 132 valence electrons. The van der Waals surface area contributed by atoms with Gasteiger partial charge < -0.3 is 31.9 Å². The van der Waals surface area contributed by atoms with Gasteiger partial charge in [-0.05, 0) is 12.3 Å². The Morgan fingerprint density at radius 2 is 1.61 bits per heavy atom. The van der Waals surface area contributed by atoms with E-state index in [0.717, 1.165) is 0 Å². The molecule has 0 aromatic heterocycles. The van der Waals surface area contributed by atoms with E-state index in [4.69, 9.17) is 15.9 Å². The molecule has 10 heteroatoms. The lowest BCUT2D eigenvalue weighted by atomic mass is 10.0. The van der Waals surface area contributed by atoms with Crippen LogP contribution in [0.5, 0.6) is 0 Å². The van der Waals surface area contributed by atoms with Gasteiger partial charge in [-0.3, -0.25) is 14.4 Å². The minimum Gasteiger partial charge on any atom is -0.480 e. The third-order valence-electron chi connectivity index (χ3n) is 2.74. The molecule has 0 aliphatic rings. The minimum atomic E-state index is -1.15. The second-order valence-corrected chi connectivity index (χ2v) is 5.37. The summed E-state index contributed by atoms with van der Waals surface area (Å²) in [6.45, 7) is 2.27. The third-order valence-corrected chi connectivity index (χ3v) is 2.74. The van der Waals surface area contributed by atoms with Crippen LogP contribution in [0.15, 0.2) is 0 Å². The van der Waals surface area contributed by atoms with Gasteiger partial charge in [-0.1, -0.05) is 13.8 Å². The summed E-state index contributed by atoms with van der Waals surface area (Å²) >= 11 is 0. The Bertz CT molecular complexity index is 440. The van der Waals surface area contributed by atoms with E-state index < -0.39 is 55.5 Å². The molecule has 10 nitrogen and oxygen atoms in total. The molecule has 0 heterocycles. The van der Waals surface area contributed by atoms with Crippen molar-refractivity contribution >= 4 is 23.7 Å². The Morgan fingerprint density at radius 3 is 2.09 bits per heavy atom.